The monoisotopic (exact) mass is 366 g/mol. The highest BCUT2D eigenvalue weighted by Crippen LogP contribution is 2.22. The summed E-state index contributed by atoms with van der Waals surface area (Å²) < 4.78 is 0. The van der Waals surface area contributed by atoms with Gasteiger partial charge in [0.15, 0.2) is 0 Å². The Balaban J connectivity index is 1.63. The molecule has 2 aromatic rings. The predicted molar refractivity (Wildman–Crippen MR) is 107 cm³/mol. The van der Waals surface area contributed by atoms with Gasteiger partial charge in [0.05, 0.1) is 0 Å². The largest absolute Gasteiger partial charge is 0.372 e. The standard InChI is InChI=1S/C21H26N4O2/c1-15(2)14-23-20(26)16-9-10-22-19(13-16)21(27)24-17-5-7-18(8-6-17)25-11-3-4-12-25/h5-10,13,15H,3-4,11-12,14H2,1-2H3,(H,23,26)(H,24,27). The predicted octanol–water partition coefficient (Wildman–Crippen LogP) is 3.32. The number of nitrogens with zero attached hydrogens (tertiary/aromatic N) is 2. The molecule has 1 aliphatic rings. The van der Waals surface area contributed by atoms with E-state index in [0.29, 0.717) is 23.7 Å². The lowest BCUT2D eigenvalue weighted by atomic mass is 10.2. The maximum Gasteiger partial charge on any atom is 0.274 e. The van der Waals surface area contributed by atoms with Crippen LogP contribution in [0.25, 0.3) is 0 Å². The first-order valence-electron chi connectivity index (χ1n) is 9.43. The van der Waals surface area contributed by atoms with Gasteiger partial charge in [0.25, 0.3) is 11.8 Å². The Hall–Kier alpha value is -2.89. The molecule has 1 aromatic carbocycles. The van der Waals surface area contributed by atoms with E-state index in [1.165, 1.54) is 30.8 Å². The van der Waals surface area contributed by atoms with Crippen molar-refractivity contribution < 1.29 is 9.59 Å². The molecular formula is C21H26N4O2. The molecule has 0 saturated carbocycles. The van der Waals surface area contributed by atoms with Gasteiger partial charge in [-0.15, -0.1) is 0 Å². The van der Waals surface area contributed by atoms with E-state index in [2.05, 4.69) is 20.5 Å². The topological polar surface area (TPSA) is 74.3 Å². The second-order valence-electron chi connectivity index (χ2n) is 7.23. The van der Waals surface area contributed by atoms with Crippen molar-refractivity contribution in [1.82, 2.24) is 10.3 Å². The van der Waals surface area contributed by atoms with Crippen LogP contribution in [0, 0.1) is 5.92 Å². The number of nitrogens with one attached hydrogen (secondary N) is 2. The van der Waals surface area contributed by atoms with Crippen LogP contribution in [0.4, 0.5) is 11.4 Å². The molecule has 27 heavy (non-hydrogen) atoms. The van der Waals surface area contributed by atoms with Crippen molar-refractivity contribution in [3.8, 4) is 0 Å². The van der Waals surface area contributed by atoms with Crippen LogP contribution in [-0.4, -0.2) is 36.4 Å². The third-order valence-corrected chi connectivity index (χ3v) is 4.52. The Morgan fingerprint density at radius 3 is 2.44 bits per heavy atom. The zero-order valence-electron chi connectivity index (χ0n) is 15.9. The summed E-state index contributed by atoms with van der Waals surface area (Å²) in [7, 11) is 0. The lowest BCUT2D eigenvalue weighted by Gasteiger charge is -2.17. The quantitative estimate of drug-likeness (QED) is 0.822. The van der Waals surface area contributed by atoms with Gasteiger partial charge in [0, 0.05) is 42.8 Å². The molecule has 0 aliphatic carbocycles. The third-order valence-electron chi connectivity index (χ3n) is 4.52. The van der Waals surface area contributed by atoms with Gasteiger partial charge in [0.1, 0.15) is 5.69 Å². The maximum atomic E-state index is 12.5. The molecule has 6 heteroatoms. The van der Waals surface area contributed by atoms with Crippen LogP contribution in [0.3, 0.4) is 0 Å². The van der Waals surface area contributed by atoms with Gasteiger partial charge in [-0.3, -0.25) is 14.6 Å². The second-order valence-corrected chi connectivity index (χ2v) is 7.23. The summed E-state index contributed by atoms with van der Waals surface area (Å²) >= 11 is 0. The van der Waals surface area contributed by atoms with Gasteiger partial charge in [-0.25, -0.2) is 0 Å². The Morgan fingerprint density at radius 2 is 1.78 bits per heavy atom. The molecule has 1 fully saturated rings. The van der Waals surface area contributed by atoms with Crippen LogP contribution in [0.5, 0.6) is 0 Å². The zero-order valence-corrected chi connectivity index (χ0v) is 15.9. The lowest BCUT2D eigenvalue weighted by molar-refractivity contribution is 0.0949. The van der Waals surface area contributed by atoms with Crippen molar-refractivity contribution >= 4 is 23.2 Å². The highest BCUT2D eigenvalue weighted by atomic mass is 16.2. The number of amides is 2. The van der Waals surface area contributed by atoms with Crippen LogP contribution < -0.4 is 15.5 Å². The van der Waals surface area contributed by atoms with Crippen molar-refractivity contribution in [2.75, 3.05) is 29.9 Å². The van der Waals surface area contributed by atoms with Gasteiger partial charge < -0.3 is 15.5 Å². The van der Waals surface area contributed by atoms with Gasteiger partial charge in [0.2, 0.25) is 0 Å². The number of rotatable bonds is 6. The second kappa shape index (κ2) is 8.66. The Kier molecular flexibility index (Phi) is 6.06. The molecule has 0 unspecified atom stereocenters. The number of carbonyl (C=O) groups is 2. The summed E-state index contributed by atoms with van der Waals surface area (Å²) in [5.74, 6) is -0.167. The zero-order chi connectivity index (χ0) is 19.2. The first-order valence-corrected chi connectivity index (χ1v) is 9.43. The molecule has 1 aromatic heterocycles. The highest BCUT2D eigenvalue weighted by molar-refractivity contribution is 6.04. The van der Waals surface area contributed by atoms with Gasteiger partial charge >= 0.3 is 0 Å². The molecule has 1 saturated heterocycles. The highest BCUT2D eigenvalue weighted by Gasteiger charge is 2.14. The molecule has 0 spiro atoms. The number of anilines is 2. The summed E-state index contributed by atoms with van der Waals surface area (Å²) in [6.07, 6.45) is 3.94. The molecule has 2 N–H and O–H groups in total. The van der Waals surface area contributed by atoms with Crippen LogP contribution in [-0.2, 0) is 0 Å². The number of pyridine rings is 1. The molecule has 2 heterocycles. The average Bonchev–Trinajstić information content (AvgIpc) is 3.21. The van der Waals surface area contributed by atoms with E-state index in [0.717, 1.165) is 13.1 Å². The lowest BCUT2D eigenvalue weighted by Crippen LogP contribution is -2.27. The van der Waals surface area contributed by atoms with E-state index in [1.807, 2.05) is 38.1 Å². The SMILES string of the molecule is CC(C)CNC(=O)c1ccnc(C(=O)Nc2ccc(N3CCCC3)cc2)c1. The fraction of sp³-hybridized carbons (Fsp3) is 0.381. The summed E-state index contributed by atoms with van der Waals surface area (Å²) in [6, 6.07) is 10.9. The van der Waals surface area contributed by atoms with Crippen molar-refractivity contribution in [2.45, 2.75) is 26.7 Å². The van der Waals surface area contributed by atoms with E-state index in [4.69, 9.17) is 0 Å². The van der Waals surface area contributed by atoms with Crippen molar-refractivity contribution in [3.05, 3.63) is 53.9 Å². The molecule has 0 atom stereocenters. The summed E-state index contributed by atoms with van der Waals surface area (Å²) in [5, 5.41) is 5.68. The van der Waals surface area contributed by atoms with E-state index in [1.54, 1.807) is 6.07 Å². The molecule has 142 valence electrons. The van der Waals surface area contributed by atoms with Crippen molar-refractivity contribution in [2.24, 2.45) is 5.92 Å². The number of hydrogen-bond acceptors (Lipinski definition) is 4. The minimum Gasteiger partial charge on any atom is -0.372 e. The smallest absolute Gasteiger partial charge is 0.274 e. The summed E-state index contributed by atoms with van der Waals surface area (Å²) in [6.45, 7) is 6.82. The van der Waals surface area contributed by atoms with Crippen LogP contribution in [0.15, 0.2) is 42.6 Å². The fourth-order valence-corrected chi connectivity index (χ4v) is 3.02. The molecule has 2 amide bonds. The van der Waals surface area contributed by atoms with Crippen molar-refractivity contribution in [3.63, 3.8) is 0 Å². The first-order chi connectivity index (χ1) is 13.0. The van der Waals surface area contributed by atoms with Crippen molar-refractivity contribution in [1.29, 1.82) is 0 Å². The van der Waals surface area contributed by atoms with E-state index in [9.17, 15) is 9.59 Å². The molecule has 6 nitrogen and oxygen atoms in total. The Labute approximate surface area is 160 Å². The minimum atomic E-state index is -0.331. The number of hydrogen-bond donors (Lipinski definition) is 2. The molecule has 0 radical (unpaired) electrons. The Bertz CT molecular complexity index is 796. The van der Waals surface area contributed by atoms with Crippen LogP contribution in [0.1, 0.15) is 47.5 Å². The summed E-state index contributed by atoms with van der Waals surface area (Å²) in [5.41, 5.74) is 2.53. The fourth-order valence-electron chi connectivity index (χ4n) is 3.02. The molecule has 1 aliphatic heterocycles. The van der Waals surface area contributed by atoms with Gasteiger partial charge in [-0.1, -0.05) is 13.8 Å². The average molecular weight is 366 g/mol. The Morgan fingerprint density at radius 1 is 1.07 bits per heavy atom. The number of carbonyl (C=O) groups excluding carboxylic acids is 2. The van der Waals surface area contributed by atoms with Crippen LogP contribution >= 0.6 is 0 Å². The number of aromatic nitrogens is 1. The third kappa shape index (κ3) is 5.06. The van der Waals surface area contributed by atoms with Crippen LogP contribution in [0.2, 0.25) is 0 Å². The van der Waals surface area contributed by atoms with E-state index >= 15 is 0 Å². The van der Waals surface area contributed by atoms with E-state index in [-0.39, 0.29) is 17.5 Å². The normalized spacial score (nSPS) is 13.7. The van der Waals surface area contributed by atoms with Gasteiger partial charge in [-0.05, 0) is 55.2 Å². The molecular weight excluding hydrogens is 340 g/mol. The first kappa shape index (κ1) is 18.9. The van der Waals surface area contributed by atoms with E-state index < -0.39 is 0 Å². The maximum absolute atomic E-state index is 12.5. The number of benzene rings is 1. The molecule has 0 bridgehead atoms. The molecule has 3 rings (SSSR count). The summed E-state index contributed by atoms with van der Waals surface area (Å²) in [4.78, 5) is 31.1. The van der Waals surface area contributed by atoms with Gasteiger partial charge in [-0.2, -0.15) is 0 Å². The minimum absolute atomic E-state index is 0.199.